The van der Waals surface area contributed by atoms with Crippen LogP contribution < -0.4 is 15.5 Å². The standard InChI is InChI=1S/C20H32N6O2/c27-18(25-13-15-26(16-14-25)19-21-10-6-11-22-19)9-12-23-20(28)24-17-7-4-2-1-3-5-8-17/h6,10-11,17H,1-5,7-9,12-16H2,(H2,23,24,28). The van der Waals surface area contributed by atoms with Crippen molar-refractivity contribution in [2.45, 2.75) is 57.4 Å². The Labute approximate surface area is 167 Å². The van der Waals surface area contributed by atoms with Crippen LogP contribution in [0.5, 0.6) is 0 Å². The average Bonchev–Trinajstić information content (AvgIpc) is 2.70. The lowest BCUT2D eigenvalue weighted by Gasteiger charge is -2.34. The van der Waals surface area contributed by atoms with Crippen molar-refractivity contribution in [2.24, 2.45) is 0 Å². The molecule has 3 amide bonds. The molecule has 2 aliphatic rings. The van der Waals surface area contributed by atoms with Gasteiger partial charge in [-0.25, -0.2) is 14.8 Å². The summed E-state index contributed by atoms with van der Waals surface area (Å²) < 4.78 is 0. The van der Waals surface area contributed by atoms with Gasteiger partial charge in [0.05, 0.1) is 0 Å². The van der Waals surface area contributed by atoms with Gasteiger partial charge in [-0.3, -0.25) is 4.79 Å². The summed E-state index contributed by atoms with van der Waals surface area (Å²) in [4.78, 5) is 37.0. The second kappa shape index (κ2) is 10.8. The van der Waals surface area contributed by atoms with Crippen molar-refractivity contribution in [3.05, 3.63) is 18.5 Å². The van der Waals surface area contributed by atoms with Gasteiger partial charge >= 0.3 is 6.03 Å². The molecule has 0 radical (unpaired) electrons. The molecule has 0 atom stereocenters. The highest BCUT2D eigenvalue weighted by molar-refractivity contribution is 5.78. The van der Waals surface area contributed by atoms with Crippen LogP contribution in [0.2, 0.25) is 0 Å². The van der Waals surface area contributed by atoms with Gasteiger partial charge < -0.3 is 20.4 Å². The second-order valence-electron chi connectivity index (χ2n) is 7.61. The summed E-state index contributed by atoms with van der Waals surface area (Å²) >= 11 is 0. The third-order valence-electron chi connectivity index (χ3n) is 5.53. The predicted octanol–water partition coefficient (Wildman–Crippen LogP) is 1.93. The highest BCUT2D eigenvalue weighted by Gasteiger charge is 2.22. The largest absolute Gasteiger partial charge is 0.339 e. The molecule has 8 heteroatoms. The van der Waals surface area contributed by atoms with Crippen molar-refractivity contribution in [3.63, 3.8) is 0 Å². The SMILES string of the molecule is O=C(NCCC(=O)N1CCN(c2ncccn2)CC1)NC1CCCCCCC1. The lowest BCUT2D eigenvalue weighted by Crippen LogP contribution is -2.50. The van der Waals surface area contributed by atoms with Crippen LogP contribution >= 0.6 is 0 Å². The summed E-state index contributed by atoms with van der Waals surface area (Å²) in [5, 5.41) is 5.91. The van der Waals surface area contributed by atoms with E-state index in [0.29, 0.717) is 32.0 Å². The number of urea groups is 1. The lowest BCUT2D eigenvalue weighted by atomic mass is 9.97. The van der Waals surface area contributed by atoms with Crippen molar-refractivity contribution in [3.8, 4) is 0 Å². The maximum absolute atomic E-state index is 12.4. The molecule has 154 valence electrons. The fourth-order valence-electron chi connectivity index (χ4n) is 3.89. The molecule has 2 N–H and O–H groups in total. The number of nitrogens with zero attached hydrogens (tertiary/aromatic N) is 4. The molecular weight excluding hydrogens is 356 g/mol. The van der Waals surface area contributed by atoms with Crippen molar-refractivity contribution in [2.75, 3.05) is 37.6 Å². The van der Waals surface area contributed by atoms with E-state index in [2.05, 4.69) is 25.5 Å². The molecule has 0 bridgehead atoms. The van der Waals surface area contributed by atoms with Crippen molar-refractivity contribution in [1.82, 2.24) is 25.5 Å². The Morgan fingerprint density at radius 2 is 1.61 bits per heavy atom. The minimum Gasteiger partial charge on any atom is -0.339 e. The molecule has 2 fully saturated rings. The van der Waals surface area contributed by atoms with Gasteiger partial charge in [0.25, 0.3) is 0 Å². The Bertz CT molecular complexity index is 610. The Hall–Kier alpha value is -2.38. The normalized spacial score (nSPS) is 18.9. The number of aromatic nitrogens is 2. The maximum Gasteiger partial charge on any atom is 0.315 e. The van der Waals surface area contributed by atoms with Gasteiger partial charge in [-0.15, -0.1) is 0 Å². The highest BCUT2D eigenvalue weighted by atomic mass is 16.2. The lowest BCUT2D eigenvalue weighted by molar-refractivity contribution is -0.131. The van der Waals surface area contributed by atoms with Gasteiger partial charge in [-0.1, -0.05) is 32.1 Å². The molecule has 1 aliphatic carbocycles. The van der Waals surface area contributed by atoms with Crippen LogP contribution in [0.1, 0.15) is 51.4 Å². The number of carbonyl (C=O) groups is 2. The number of carbonyl (C=O) groups excluding carboxylic acids is 2. The van der Waals surface area contributed by atoms with E-state index in [1.54, 1.807) is 18.5 Å². The van der Waals surface area contributed by atoms with Crippen molar-refractivity contribution >= 4 is 17.9 Å². The fourth-order valence-corrected chi connectivity index (χ4v) is 3.89. The highest BCUT2D eigenvalue weighted by Crippen LogP contribution is 2.17. The zero-order valence-corrected chi connectivity index (χ0v) is 16.6. The molecule has 1 aromatic heterocycles. The average molecular weight is 389 g/mol. The topological polar surface area (TPSA) is 90.5 Å². The van der Waals surface area contributed by atoms with Crippen molar-refractivity contribution < 1.29 is 9.59 Å². The number of amides is 3. The van der Waals surface area contributed by atoms with Crippen LogP contribution in [-0.2, 0) is 4.79 Å². The quantitative estimate of drug-likeness (QED) is 0.804. The molecule has 0 unspecified atom stereocenters. The zero-order valence-electron chi connectivity index (χ0n) is 16.6. The second-order valence-corrected chi connectivity index (χ2v) is 7.61. The van der Waals surface area contributed by atoms with Crippen molar-refractivity contribution in [1.29, 1.82) is 0 Å². The maximum atomic E-state index is 12.4. The summed E-state index contributed by atoms with van der Waals surface area (Å²) in [5.41, 5.74) is 0. The van der Waals surface area contributed by atoms with E-state index >= 15 is 0 Å². The summed E-state index contributed by atoms with van der Waals surface area (Å²) in [7, 11) is 0. The molecule has 0 aromatic carbocycles. The van der Waals surface area contributed by atoms with E-state index in [9.17, 15) is 9.59 Å². The van der Waals surface area contributed by atoms with Crippen LogP contribution in [0.3, 0.4) is 0 Å². The summed E-state index contributed by atoms with van der Waals surface area (Å²) in [6.45, 7) is 3.15. The van der Waals surface area contributed by atoms with Crippen LogP contribution in [0.15, 0.2) is 18.5 Å². The first-order chi connectivity index (χ1) is 13.7. The Morgan fingerprint density at radius 3 is 2.29 bits per heavy atom. The molecule has 1 aromatic rings. The smallest absolute Gasteiger partial charge is 0.315 e. The summed E-state index contributed by atoms with van der Waals surface area (Å²) in [6, 6.07) is 1.91. The van der Waals surface area contributed by atoms with Gasteiger partial charge in [0.1, 0.15) is 0 Å². The van der Waals surface area contributed by atoms with Crippen LogP contribution in [0.4, 0.5) is 10.7 Å². The number of hydrogen-bond donors (Lipinski definition) is 2. The van der Waals surface area contributed by atoms with E-state index in [4.69, 9.17) is 0 Å². The first kappa shape index (κ1) is 20.4. The molecular formula is C20H32N6O2. The zero-order chi connectivity index (χ0) is 19.6. The molecule has 28 heavy (non-hydrogen) atoms. The van der Waals surface area contributed by atoms with Crippen LogP contribution in [0, 0.1) is 0 Å². The Kier molecular flexibility index (Phi) is 7.87. The number of anilines is 1. The van der Waals surface area contributed by atoms with Gasteiger partial charge in [0.15, 0.2) is 0 Å². The van der Waals surface area contributed by atoms with E-state index in [1.807, 2.05) is 4.90 Å². The van der Waals surface area contributed by atoms with Gasteiger partial charge in [-0.2, -0.15) is 0 Å². The number of nitrogens with one attached hydrogen (secondary N) is 2. The molecule has 0 spiro atoms. The Balaban J connectivity index is 1.31. The molecule has 2 heterocycles. The van der Waals surface area contributed by atoms with Gasteiger partial charge in [-0.05, 0) is 18.9 Å². The number of rotatable bonds is 5. The minimum absolute atomic E-state index is 0.0832. The molecule has 1 saturated carbocycles. The van der Waals surface area contributed by atoms with Crippen LogP contribution in [0.25, 0.3) is 0 Å². The fraction of sp³-hybridized carbons (Fsp3) is 0.700. The summed E-state index contributed by atoms with van der Waals surface area (Å²) in [5.74, 6) is 0.794. The minimum atomic E-state index is -0.149. The van der Waals surface area contributed by atoms with E-state index in [-0.39, 0.29) is 18.0 Å². The monoisotopic (exact) mass is 388 g/mol. The van der Waals surface area contributed by atoms with Gasteiger partial charge in [0.2, 0.25) is 11.9 Å². The first-order valence-corrected chi connectivity index (χ1v) is 10.6. The third-order valence-corrected chi connectivity index (χ3v) is 5.53. The predicted molar refractivity (Wildman–Crippen MR) is 108 cm³/mol. The number of hydrogen-bond acceptors (Lipinski definition) is 5. The molecule has 8 nitrogen and oxygen atoms in total. The molecule has 1 aliphatic heterocycles. The number of piperazine rings is 1. The Morgan fingerprint density at radius 1 is 0.964 bits per heavy atom. The first-order valence-electron chi connectivity index (χ1n) is 10.6. The molecule has 3 rings (SSSR count). The van der Waals surface area contributed by atoms with Crippen LogP contribution in [-0.4, -0.2) is 65.6 Å². The van der Waals surface area contributed by atoms with E-state index in [1.165, 1.54) is 32.1 Å². The van der Waals surface area contributed by atoms with E-state index < -0.39 is 0 Å². The third kappa shape index (κ3) is 6.35. The molecule has 1 saturated heterocycles. The summed E-state index contributed by atoms with van der Waals surface area (Å²) in [6.07, 6.45) is 12.1. The van der Waals surface area contributed by atoms with Gasteiger partial charge in [0, 0.05) is 57.6 Å². The van der Waals surface area contributed by atoms with E-state index in [0.717, 1.165) is 25.9 Å².